The molecule has 236 valence electrons. The first-order valence-corrected chi connectivity index (χ1v) is 14.7. The maximum atomic E-state index is 12.8. The summed E-state index contributed by atoms with van der Waals surface area (Å²) in [5.74, 6) is 0.950. The van der Waals surface area contributed by atoms with Crippen molar-refractivity contribution in [1.29, 1.82) is 0 Å². The molecular weight excluding hydrogens is 528 g/mol. The monoisotopic (exact) mass is 582 g/mol. The number of methoxy groups -OCH3 is 2. The van der Waals surface area contributed by atoms with Crippen LogP contribution in [0, 0.1) is 17.8 Å². The third-order valence-electron chi connectivity index (χ3n) is 6.82. The maximum Gasteiger partial charge on any atom is 0.407 e. The van der Waals surface area contributed by atoms with Crippen molar-refractivity contribution >= 4 is 12.0 Å². The Hall–Kier alpha value is -2.56. The molecule has 4 N–H and O–H groups in total. The average Bonchev–Trinajstić information content (AvgIpc) is 2.89. The van der Waals surface area contributed by atoms with Crippen LogP contribution in [0.25, 0.3) is 0 Å². The van der Waals surface area contributed by atoms with Crippen LogP contribution < -0.4 is 20.1 Å². The fourth-order valence-corrected chi connectivity index (χ4v) is 4.44. The molecule has 0 spiro atoms. The van der Waals surface area contributed by atoms with Crippen molar-refractivity contribution in [2.75, 3.05) is 40.6 Å². The molecule has 0 saturated heterocycles. The molecule has 0 aromatic heterocycles. The number of alkyl carbamates (subject to hydrolysis) is 1. The summed E-state index contributed by atoms with van der Waals surface area (Å²) >= 11 is 0. The van der Waals surface area contributed by atoms with Crippen molar-refractivity contribution in [3.63, 3.8) is 0 Å². The molecule has 10 heteroatoms. The van der Waals surface area contributed by atoms with Crippen molar-refractivity contribution in [3.8, 4) is 11.5 Å². The van der Waals surface area contributed by atoms with Crippen molar-refractivity contribution in [1.82, 2.24) is 10.6 Å². The molecule has 10 nitrogen and oxygen atoms in total. The van der Waals surface area contributed by atoms with Gasteiger partial charge in [-0.3, -0.25) is 4.79 Å². The number of nitrogens with one attached hydrogen (secondary N) is 2. The predicted octanol–water partition coefficient (Wildman–Crippen LogP) is 4.09. The Morgan fingerprint density at radius 1 is 1.00 bits per heavy atom. The van der Waals surface area contributed by atoms with Crippen molar-refractivity contribution < 1.29 is 38.7 Å². The summed E-state index contributed by atoms with van der Waals surface area (Å²) in [6, 6.07) is 5.24. The molecule has 1 rings (SSSR count). The second kappa shape index (κ2) is 18.8. The lowest BCUT2D eigenvalue weighted by Crippen LogP contribution is -2.48. The first-order valence-electron chi connectivity index (χ1n) is 14.7. The van der Waals surface area contributed by atoms with Crippen LogP contribution in [0.3, 0.4) is 0 Å². The number of hydrogen-bond donors (Lipinski definition) is 4. The van der Waals surface area contributed by atoms with Gasteiger partial charge in [0.15, 0.2) is 11.5 Å². The highest BCUT2D eigenvalue weighted by molar-refractivity contribution is 5.78. The van der Waals surface area contributed by atoms with Crippen LogP contribution >= 0.6 is 0 Å². The maximum absolute atomic E-state index is 12.8. The molecule has 2 amide bonds. The molecule has 4 atom stereocenters. The van der Waals surface area contributed by atoms with E-state index < -0.39 is 29.8 Å². The van der Waals surface area contributed by atoms with E-state index in [1.807, 2.05) is 18.2 Å². The van der Waals surface area contributed by atoms with Gasteiger partial charge in [-0.25, -0.2) is 4.79 Å². The highest BCUT2D eigenvalue weighted by Crippen LogP contribution is 2.32. The molecule has 0 bridgehead atoms. The van der Waals surface area contributed by atoms with Gasteiger partial charge in [-0.15, -0.1) is 0 Å². The van der Waals surface area contributed by atoms with Gasteiger partial charge in [0.05, 0.1) is 25.9 Å². The molecule has 0 fully saturated rings. The minimum atomic E-state index is -0.974. The highest BCUT2D eigenvalue weighted by Gasteiger charge is 2.31. The van der Waals surface area contributed by atoms with Crippen molar-refractivity contribution in [3.05, 3.63) is 23.8 Å². The fourth-order valence-electron chi connectivity index (χ4n) is 4.44. The minimum absolute atomic E-state index is 0.00854. The van der Waals surface area contributed by atoms with Gasteiger partial charge < -0.3 is 39.8 Å². The van der Waals surface area contributed by atoms with Crippen LogP contribution in [-0.4, -0.2) is 80.5 Å². The van der Waals surface area contributed by atoms with Gasteiger partial charge in [0.2, 0.25) is 5.91 Å². The first-order chi connectivity index (χ1) is 19.3. The van der Waals surface area contributed by atoms with E-state index in [0.29, 0.717) is 50.5 Å². The smallest absolute Gasteiger partial charge is 0.407 e. The Kier molecular flexibility index (Phi) is 16.7. The van der Waals surface area contributed by atoms with Gasteiger partial charge in [0.25, 0.3) is 0 Å². The highest BCUT2D eigenvalue weighted by atomic mass is 16.6. The molecule has 0 saturated carbocycles. The Bertz CT molecular complexity index is 903. The van der Waals surface area contributed by atoms with Crippen LogP contribution in [0.15, 0.2) is 18.2 Å². The lowest BCUT2D eigenvalue weighted by atomic mass is 9.82. The number of amides is 2. The topological polar surface area (TPSA) is 136 Å². The number of carbonyl (C=O) groups is 2. The summed E-state index contributed by atoms with van der Waals surface area (Å²) in [5.41, 5.74) is 0.355. The van der Waals surface area contributed by atoms with Crippen molar-refractivity contribution in [2.45, 2.75) is 91.4 Å². The second-order valence-electron chi connectivity index (χ2n) is 11.9. The molecule has 0 unspecified atom stereocenters. The largest absolute Gasteiger partial charge is 0.493 e. The summed E-state index contributed by atoms with van der Waals surface area (Å²) in [7, 11) is 3.26. The number of benzene rings is 1. The second-order valence-corrected chi connectivity index (χ2v) is 11.9. The molecule has 0 aliphatic rings. The van der Waals surface area contributed by atoms with Gasteiger partial charge in [-0.2, -0.15) is 0 Å². The average molecular weight is 583 g/mol. The Morgan fingerprint density at radius 3 is 2.29 bits per heavy atom. The molecule has 1 aromatic carbocycles. The zero-order valence-electron chi connectivity index (χ0n) is 26.3. The summed E-state index contributed by atoms with van der Waals surface area (Å²) in [6.45, 7) is 12.8. The molecule has 0 aliphatic heterocycles. The summed E-state index contributed by atoms with van der Waals surface area (Å²) in [6.07, 6.45) is 0.966. The standard InChI is InChI=1S/C31H54N2O8/c1-21(2)24(18-23-11-12-27(39-8)28(19-23)40-16-10-15-38-7)20-25(33-30(37)41-31(4,5)6)26(35)17-22(3)29(36)32-13-9-14-34/h11-12,19,21-22,24-26,34-35H,9-10,13-18,20H2,1-8H3,(H,32,36)(H,33,37)/t22-,24+,25+,26+/m1/s1. The SMILES string of the molecule is COCCCOc1cc(C[C@@H](C[C@H](NC(=O)OC(C)(C)C)[C@@H](O)C[C@@H](C)C(=O)NCCCO)C(C)C)ccc1OC. The van der Waals surface area contributed by atoms with E-state index in [2.05, 4.69) is 24.5 Å². The van der Waals surface area contributed by atoms with Crippen LogP contribution in [0.2, 0.25) is 0 Å². The molecular formula is C31H54N2O8. The number of aliphatic hydroxyl groups is 2. The van der Waals surface area contributed by atoms with E-state index in [1.165, 1.54) is 0 Å². The summed E-state index contributed by atoms with van der Waals surface area (Å²) in [4.78, 5) is 25.3. The van der Waals surface area contributed by atoms with Gasteiger partial charge in [0.1, 0.15) is 5.60 Å². The molecule has 1 aromatic rings. The van der Waals surface area contributed by atoms with Crippen LogP contribution in [0.1, 0.15) is 72.8 Å². The Morgan fingerprint density at radius 2 is 1.71 bits per heavy atom. The lowest BCUT2D eigenvalue weighted by molar-refractivity contribution is -0.125. The van der Waals surface area contributed by atoms with Gasteiger partial charge in [-0.05, 0) is 76.0 Å². The number of carbonyl (C=O) groups excluding carboxylic acids is 2. The number of hydrogen-bond acceptors (Lipinski definition) is 8. The Balaban J connectivity index is 3.10. The molecule has 0 aliphatic carbocycles. The van der Waals surface area contributed by atoms with E-state index in [-0.39, 0.29) is 30.8 Å². The van der Waals surface area contributed by atoms with E-state index in [4.69, 9.17) is 24.1 Å². The number of aliphatic hydroxyl groups excluding tert-OH is 2. The zero-order chi connectivity index (χ0) is 31.0. The van der Waals surface area contributed by atoms with E-state index in [1.54, 1.807) is 41.9 Å². The van der Waals surface area contributed by atoms with E-state index in [0.717, 1.165) is 12.0 Å². The number of ether oxygens (including phenoxy) is 4. The third kappa shape index (κ3) is 14.8. The summed E-state index contributed by atoms with van der Waals surface area (Å²) < 4.78 is 22.0. The summed E-state index contributed by atoms with van der Waals surface area (Å²) in [5, 5.41) is 25.9. The van der Waals surface area contributed by atoms with Crippen molar-refractivity contribution in [2.24, 2.45) is 17.8 Å². The van der Waals surface area contributed by atoms with Crippen LogP contribution in [0.4, 0.5) is 4.79 Å². The number of rotatable bonds is 19. The zero-order valence-corrected chi connectivity index (χ0v) is 26.3. The molecule has 41 heavy (non-hydrogen) atoms. The molecule has 0 radical (unpaired) electrons. The lowest BCUT2D eigenvalue weighted by Gasteiger charge is -2.32. The van der Waals surface area contributed by atoms with Gasteiger partial charge >= 0.3 is 6.09 Å². The van der Waals surface area contributed by atoms with Crippen LogP contribution in [0.5, 0.6) is 11.5 Å². The molecule has 0 heterocycles. The quantitative estimate of drug-likeness (QED) is 0.179. The van der Waals surface area contributed by atoms with E-state index in [9.17, 15) is 14.7 Å². The van der Waals surface area contributed by atoms with Gasteiger partial charge in [0, 0.05) is 39.2 Å². The fraction of sp³-hybridized carbons (Fsp3) is 0.742. The predicted molar refractivity (Wildman–Crippen MR) is 159 cm³/mol. The Labute approximate surface area is 246 Å². The van der Waals surface area contributed by atoms with E-state index >= 15 is 0 Å². The normalized spacial score (nSPS) is 14.6. The third-order valence-corrected chi connectivity index (χ3v) is 6.82. The minimum Gasteiger partial charge on any atom is -0.493 e. The van der Waals surface area contributed by atoms with Gasteiger partial charge in [-0.1, -0.05) is 26.8 Å². The van der Waals surface area contributed by atoms with Crippen LogP contribution in [-0.2, 0) is 20.7 Å². The first kappa shape index (κ1) is 36.5.